The Morgan fingerprint density at radius 1 is 1.06 bits per heavy atom. The lowest BCUT2D eigenvalue weighted by atomic mass is 9.98. The van der Waals surface area contributed by atoms with E-state index in [1.807, 2.05) is 0 Å². The third-order valence-electron chi connectivity index (χ3n) is 7.62. The maximum Gasteiger partial charge on any atom is 0.413 e. The molecule has 1 heterocycles. The molecule has 47 heavy (non-hydrogen) atoms. The van der Waals surface area contributed by atoms with Gasteiger partial charge in [0.1, 0.15) is 6.04 Å². The SMILES string of the molecule is CCOC(=O)CCN(C(=O)[C@H](CC(=O)NC[C@@H]1CCCN(C(=N)NC(=O)OCC)C1)NS(=O)(=O)c1ccccc1C(=O)OC)C1CC1. The first kappa shape index (κ1) is 37.2. The van der Waals surface area contributed by atoms with Crippen LogP contribution in [0.5, 0.6) is 0 Å². The Bertz CT molecular complexity index is 1420. The van der Waals surface area contributed by atoms with Crippen LogP contribution in [0.25, 0.3) is 0 Å². The van der Waals surface area contributed by atoms with E-state index in [0.29, 0.717) is 32.4 Å². The minimum absolute atomic E-state index is 0.0232. The van der Waals surface area contributed by atoms with Gasteiger partial charge in [-0.1, -0.05) is 12.1 Å². The molecule has 1 saturated heterocycles. The zero-order chi connectivity index (χ0) is 34.6. The first-order chi connectivity index (χ1) is 22.4. The summed E-state index contributed by atoms with van der Waals surface area (Å²) in [6.07, 6.45) is 1.34. The van der Waals surface area contributed by atoms with Crippen LogP contribution in [0.2, 0.25) is 0 Å². The monoisotopic (exact) mass is 680 g/mol. The second kappa shape index (κ2) is 17.6. The number of guanidine groups is 1. The van der Waals surface area contributed by atoms with Crippen LogP contribution >= 0.6 is 0 Å². The molecule has 3 rings (SSSR count). The Morgan fingerprint density at radius 3 is 2.43 bits per heavy atom. The average molecular weight is 681 g/mol. The number of piperidine rings is 1. The third kappa shape index (κ3) is 11.2. The molecule has 260 valence electrons. The third-order valence-corrected chi connectivity index (χ3v) is 9.15. The lowest BCUT2D eigenvalue weighted by molar-refractivity contribution is -0.144. The fraction of sp³-hybridized carbons (Fsp3) is 0.600. The molecule has 0 radical (unpaired) electrons. The predicted octanol–water partition coefficient (Wildman–Crippen LogP) is 0.963. The van der Waals surface area contributed by atoms with Crippen molar-refractivity contribution in [2.75, 3.05) is 46.5 Å². The summed E-state index contributed by atoms with van der Waals surface area (Å²) in [5, 5.41) is 13.3. The number of carbonyl (C=O) groups is 5. The highest BCUT2D eigenvalue weighted by atomic mass is 32.2. The first-order valence-corrected chi connectivity index (χ1v) is 17.1. The fourth-order valence-corrected chi connectivity index (χ4v) is 6.59. The van der Waals surface area contributed by atoms with Crippen LogP contribution in [-0.2, 0) is 38.6 Å². The Balaban J connectivity index is 1.75. The number of amides is 3. The molecule has 0 spiro atoms. The molecule has 2 atom stereocenters. The van der Waals surface area contributed by atoms with Gasteiger partial charge in [0.2, 0.25) is 27.8 Å². The predicted molar refractivity (Wildman–Crippen MR) is 168 cm³/mol. The van der Waals surface area contributed by atoms with Gasteiger partial charge in [-0.2, -0.15) is 4.72 Å². The van der Waals surface area contributed by atoms with E-state index < -0.39 is 57.2 Å². The highest BCUT2D eigenvalue weighted by molar-refractivity contribution is 7.89. The summed E-state index contributed by atoms with van der Waals surface area (Å²) in [5.74, 6) is -2.91. The smallest absolute Gasteiger partial charge is 0.413 e. The van der Waals surface area contributed by atoms with Gasteiger partial charge >= 0.3 is 18.0 Å². The van der Waals surface area contributed by atoms with E-state index in [4.69, 9.17) is 19.6 Å². The maximum absolute atomic E-state index is 13.9. The summed E-state index contributed by atoms with van der Waals surface area (Å²) in [5.41, 5.74) is -0.246. The van der Waals surface area contributed by atoms with Crippen molar-refractivity contribution in [2.45, 2.75) is 69.4 Å². The summed E-state index contributed by atoms with van der Waals surface area (Å²) in [6.45, 7) is 4.70. The van der Waals surface area contributed by atoms with Crippen molar-refractivity contribution in [3.05, 3.63) is 29.8 Å². The summed E-state index contributed by atoms with van der Waals surface area (Å²) in [7, 11) is -3.42. The number of benzene rings is 1. The largest absolute Gasteiger partial charge is 0.466 e. The lowest BCUT2D eigenvalue weighted by Gasteiger charge is -2.34. The molecule has 4 N–H and O–H groups in total. The van der Waals surface area contributed by atoms with Crippen molar-refractivity contribution in [3.63, 3.8) is 0 Å². The number of ether oxygens (including phenoxy) is 3. The number of rotatable bonds is 15. The van der Waals surface area contributed by atoms with Gasteiger partial charge < -0.3 is 29.3 Å². The Morgan fingerprint density at radius 2 is 1.77 bits per heavy atom. The van der Waals surface area contributed by atoms with Gasteiger partial charge in [-0.25, -0.2) is 18.0 Å². The Hall–Kier alpha value is -4.25. The molecular formula is C30H44N6O10S. The van der Waals surface area contributed by atoms with Gasteiger partial charge in [-0.15, -0.1) is 0 Å². The van der Waals surface area contributed by atoms with E-state index in [9.17, 15) is 32.4 Å². The van der Waals surface area contributed by atoms with Crippen molar-refractivity contribution in [1.29, 1.82) is 5.41 Å². The van der Waals surface area contributed by atoms with E-state index in [1.165, 1.54) is 29.2 Å². The molecule has 1 aromatic rings. The van der Waals surface area contributed by atoms with E-state index in [-0.39, 0.29) is 56.2 Å². The van der Waals surface area contributed by atoms with Gasteiger partial charge in [0.05, 0.1) is 43.6 Å². The first-order valence-electron chi connectivity index (χ1n) is 15.6. The van der Waals surface area contributed by atoms with Gasteiger partial charge in [-0.3, -0.25) is 25.1 Å². The molecule has 1 aliphatic heterocycles. The van der Waals surface area contributed by atoms with Crippen LogP contribution in [-0.4, -0.2) is 113 Å². The lowest BCUT2D eigenvalue weighted by Crippen LogP contribution is -2.52. The summed E-state index contributed by atoms with van der Waals surface area (Å²) in [4.78, 5) is 65.9. The molecule has 16 nitrogen and oxygen atoms in total. The molecule has 1 aromatic carbocycles. The van der Waals surface area contributed by atoms with Crippen LogP contribution in [0.4, 0.5) is 4.79 Å². The molecule has 3 amide bonds. The minimum Gasteiger partial charge on any atom is -0.466 e. The zero-order valence-electron chi connectivity index (χ0n) is 26.9. The highest BCUT2D eigenvalue weighted by Crippen LogP contribution is 2.28. The summed E-state index contributed by atoms with van der Waals surface area (Å²) < 4.78 is 44.0. The molecule has 0 unspecified atom stereocenters. The normalized spacial score (nSPS) is 16.7. The standard InChI is InChI=1S/C30H44N6O10S/c1-4-45-26(38)14-16-36(21-12-13-21)27(39)23(34-47(42,43)24-11-7-6-10-22(24)28(40)44-3)17-25(37)32-18-20-9-8-15-35(19-20)29(31)33-30(41)46-5-2/h6-7,10-11,20-21,23,34H,4-5,8-9,12-19H2,1-3H3,(H,32,37)(H2,31,33,41)/t20-,23-/m0/s1. The average Bonchev–Trinajstić information content (AvgIpc) is 3.89. The summed E-state index contributed by atoms with van der Waals surface area (Å²) in [6, 6.07) is 3.57. The molecular weight excluding hydrogens is 636 g/mol. The highest BCUT2D eigenvalue weighted by Gasteiger charge is 2.39. The minimum atomic E-state index is -4.53. The number of esters is 2. The van der Waals surface area contributed by atoms with Gasteiger partial charge in [0, 0.05) is 32.2 Å². The van der Waals surface area contributed by atoms with Gasteiger partial charge in [0.25, 0.3) is 0 Å². The fourth-order valence-electron chi connectivity index (χ4n) is 5.21. The number of nitrogens with one attached hydrogen (secondary N) is 4. The van der Waals surface area contributed by atoms with Crippen LogP contribution in [0.1, 0.15) is 62.7 Å². The quantitative estimate of drug-likeness (QED) is 0.0886. The van der Waals surface area contributed by atoms with Crippen molar-refractivity contribution >= 4 is 45.8 Å². The van der Waals surface area contributed by atoms with Crippen molar-refractivity contribution in [1.82, 2.24) is 25.2 Å². The van der Waals surface area contributed by atoms with E-state index in [1.54, 1.807) is 18.7 Å². The number of carbonyl (C=O) groups excluding carboxylic acids is 5. The number of alkyl carbamates (subject to hydrolysis) is 1. The van der Waals surface area contributed by atoms with E-state index >= 15 is 0 Å². The van der Waals surface area contributed by atoms with E-state index in [2.05, 4.69) is 15.4 Å². The molecule has 2 aliphatic rings. The molecule has 17 heteroatoms. The number of nitrogens with zero attached hydrogens (tertiary/aromatic N) is 2. The summed E-state index contributed by atoms with van der Waals surface area (Å²) >= 11 is 0. The Kier molecular flexibility index (Phi) is 13.9. The second-order valence-corrected chi connectivity index (χ2v) is 12.8. The number of hydrogen-bond acceptors (Lipinski definition) is 11. The van der Waals surface area contributed by atoms with Gasteiger partial charge in [-0.05, 0) is 57.6 Å². The van der Waals surface area contributed by atoms with Crippen LogP contribution < -0.4 is 15.4 Å². The van der Waals surface area contributed by atoms with Crippen LogP contribution in [0.15, 0.2) is 29.2 Å². The number of sulfonamides is 1. The topological polar surface area (TPSA) is 214 Å². The van der Waals surface area contributed by atoms with Crippen LogP contribution in [0, 0.1) is 11.3 Å². The van der Waals surface area contributed by atoms with Crippen molar-refractivity contribution in [3.8, 4) is 0 Å². The number of hydrogen-bond donors (Lipinski definition) is 4. The molecule has 1 saturated carbocycles. The molecule has 0 bridgehead atoms. The molecule has 1 aliphatic carbocycles. The molecule has 2 fully saturated rings. The maximum atomic E-state index is 13.9. The van der Waals surface area contributed by atoms with E-state index in [0.717, 1.165) is 13.5 Å². The van der Waals surface area contributed by atoms with Crippen molar-refractivity contribution < 1.29 is 46.6 Å². The number of likely N-dealkylation sites (tertiary alicyclic amines) is 1. The van der Waals surface area contributed by atoms with Crippen molar-refractivity contribution in [2.24, 2.45) is 5.92 Å². The second-order valence-electron chi connectivity index (χ2n) is 11.1. The Labute approximate surface area is 274 Å². The van der Waals surface area contributed by atoms with Crippen LogP contribution in [0.3, 0.4) is 0 Å². The van der Waals surface area contributed by atoms with Gasteiger partial charge in [0.15, 0.2) is 0 Å². The number of methoxy groups -OCH3 is 1. The molecule has 0 aromatic heterocycles. The zero-order valence-corrected chi connectivity index (χ0v) is 27.7.